The third-order valence-electron chi connectivity index (χ3n) is 5.07. The minimum Gasteiger partial charge on any atom is -0.337 e. The van der Waals surface area contributed by atoms with Crippen molar-refractivity contribution in [3.05, 3.63) is 29.8 Å². The number of halogens is 2. The van der Waals surface area contributed by atoms with Crippen molar-refractivity contribution in [2.75, 3.05) is 13.1 Å². The van der Waals surface area contributed by atoms with E-state index >= 15 is 0 Å². The van der Waals surface area contributed by atoms with Gasteiger partial charge in [-0.05, 0) is 57.7 Å². The molecule has 0 spiro atoms. The molecule has 8 heteroatoms. The largest absolute Gasteiger partial charge is 0.337 e. The van der Waals surface area contributed by atoms with E-state index in [9.17, 15) is 22.0 Å². The Morgan fingerprint density at radius 1 is 1.15 bits per heavy atom. The van der Waals surface area contributed by atoms with Crippen LogP contribution in [0.4, 0.5) is 8.78 Å². The zero-order valence-corrected chi connectivity index (χ0v) is 15.8. The number of sulfonamides is 1. The second-order valence-corrected chi connectivity index (χ2v) is 9.23. The maximum Gasteiger partial charge on any atom is 0.246 e. The van der Waals surface area contributed by atoms with Crippen molar-refractivity contribution in [3.8, 4) is 0 Å². The molecule has 1 aliphatic carbocycles. The van der Waals surface area contributed by atoms with Gasteiger partial charge in [0.05, 0.1) is 0 Å². The van der Waals surface area contributed by atoms with Crippen molar-refractivity contribution >= 4 is 15.9 Å². The lowest BCUT2D eigenvalue weighted by atomic mass is 9.96. The Morgan fingerprint density at radius 3 is 2.31 bits per heavy atom. The summed E-state index contributed by atoms with van der Waals surface area (Å²) in [7, 11) is -4.11. The summed E-state index contributed by atoms with van der Waals surface area (Å²) in [6.07, 6.45) is 2.84. The van der Waals surface area contributed by atoms with Crippen LogP contribution in [0.2, 0.25) is 0 Å². The second-order valence-electron chi connectivity index (χ2n) is 7.32. The number of carbonyl (C=O) groups excluding carboxylic acids is 1. The molecule has 0 radical (unpaired) electrons. The molecule has 144 valence electrons. The molecule has 2 fully saturated rings. The maximum absolute atomic E-state index is 13.9. The quantitative estimate of drug-likeness (QED) is 0.782. The number of amides is 1. The zero-order valence-electron chi connectivity index (χ0n) is 15.0. The molecule has 1 aromatic rings. The number of benzene rings is 1. The summed E-state index contributed by atoms with van der Waals surface area (Å²) in [6.45, 7) is 4.24. The van der Waals surface area contributed by atoms with Gasteiger partial charge in [-0.25, -0.2) is 17.2 Å². The Bertz CT molecular complexity index is 784. The molecule has 1 saturated carbocycles. The summed E-state index contributed by atoms with van der Waals surface area (Å²) in [5, 5.41) is 0. The highest BCUT2D eigenvalue weighted by Crippen LogP contribution is 2.33. The highest BCUT2D eigenvalue weighted by atomic mass is 32.2. The van der Waals surface area contributed by atoms with Gasteiger partial charge < -0.3 is 4.90 Å². The summed E-state index contributed by atoms with van der Waals surface area (Å²) in [6, 6.07) is 2.84. The van der Waals surface area contributed by atoms with Gasteiger partial charge in [-0.15, -0.1) is 0 Å². The fourth-order valence-electron chi connectivity index (χ4n) is 3.58. The van der Waals surface area contributed by atoms with Gasteiger partial charge in [0, 0.05) is 31.1 Å². The van der Waals surface area contributed by atoms with Crippen LogP contribution in [-0.2, 0) is 14.8 Å². The first-order valence-electron chi connectivity index (χ1n) is 8.99. The smallest absolute Gasteiger partial charge is 0.246 e. The summed E-state index contributed by atoms with van der Waals surface area (Å²) in [5.74, 6) is -1.91. The lowest BCUT2D eigenvalue weighted by Crippen LogP contribution is -2.47. The van der Waals surface area contributed by atoms with E-state index in [1.807, 2.05) is 18.7 Å². The first-order valence-corrected chi connectivity index (χ1v) is 10.4. The first kappa shape index (κ1) is 19.2. The molecule has 26 heavy (non-hydrogen) atoms. The SMILES string of the molecule is CC(C)N(C(=O)C1CCN(S(=O)(=O)c2cc(F)ccc2F)CC1)C1CC1. The molecule has 1 heterocycles. The third-order valence-corrected chi connectivity index (χ3v) is 6.98. The van der Waals surface area contributed by atoms with Gasteiger partial charge in [-0.1, -0.05) is 0 Å². The van der Waals surface area contributed by atoms with Crippen molar-refractivity contribution in [2.24, 2.45) is 5.92 Å². The van der Waals surface area contributed by atoms with Gasteiger partial charge in [0.1, 0.15) is 16.5 Å². The molecule has 0 unspecified atom stereocenters. The van der Waals surface area contributed by atoms with Gasteiger partial charge in [0.2, 0.25) is 15.9 Å². The molecule has 0 atom stereocenters. The van der Waals surface area contributed by atoms with E-state index in [1.54, 1.807) is 0 Å². The molecule has 1 saturated heterocycles. The Kier molecular flexibility index (Phi) is 5.35. The van der Waals surface area contributed by atoms with Crippen LogP contribution in [0.1, 0.15) is 39.5 Å². The standard InChI is InChI=1S/C18H24F2N2O3S/c1-12(2)22(15-4-5-15)18(23)13-7-9-21(10-8-13)26(24,25)17-11-14(19)3-6-16(17)20/h3,6,11-13,15H,4-5,7-10H2,1-2H3. The molecular formula is C18H24F2N2O3S. The van der Waals surface area contributed by atoms with Crippen LogP contribution in [0, 0.1) is 17.6 Å². The van der Waals surface area contributed by atoms with E-state index in [0.717, 1.165) is 29.3 Å². The number of piperidine rings is 1. The van der Waals surface area contributed by atoms with Crippen molar-refractivity contribution in [3.63, 3.8) is 0 Å². The van der Waals surface area contributed by atoms with Crippen molar-refractivity contribution in [1.29, 1.82) is 0 Å². The summed E-state index contributed by atoms with van der Waals surface area (Å²) < 4.78 is 53.6. The first-order chi connectivity index (χ1) is 12.2. The fraction of sp³-hybridized carbons (Fsp3) is 0.611. The van der Waals surface area contributed by atoms with E-state index in [-0.39, 0.29) is 31.0 Å². The van der Waals surface area contributed by atoms with Crippen LogP contribution in [0.5, 0.6) is 0 Å². The molecule has 0 N–H and O–H groups in total. The van der Waals surface area contributed by atoms with Crippen LogP contribution < -0.4 is 0 Å². The van der Waals surface area contributed by atoms with Gasteiger partial charge in [-0.2, -0.15) is 4.31 Å². The highest BCUT2D eigenvalue weighted by Gasteiger charge is 2.40. The molecule has 1 amide bonds. The predicted octanol–water partition coefficient (Wildman–Crippen LogP) is 2.76. The third kappa shape index (κ3) is 3.76. The molecular weight excluding hydrogens is 362 g/mol. The van der Waals surface area contributed by atoms with E-state index in [0.29, 0.717) is 24.9 Å². The van der Waals surface area contributed by atoms with Crippen LogP contribution in [0.3, 0.4) is 0 Å². The van der Waals surface area contributed by atoms with Crippen LogP contribution in [0.25, 0.3) is 0 Å². The molecule has 0 bridgehead atoms. The maximum atomic E-state index is 13.9. The Morgan fingerprint density at radius 2 is 1.77 bits per heavy atom. The van der Waals surface area contributed by atoms with Crippen LogP contribution >= 0.6 is 0 Å². The van der Waals surface area contributed by atoms with E-state index in [4.69, 9.17) is 0 Å². The fourth-order valence-corrected chi connectivity index (χ4v) is 5.12. The average molecular weight is 386 g/mol. The zero-order chi connectivity index (χ0) is 19.1. The highest BCUT2D eigenvalue weighted by molar-refractivity contribution is 7.89. The minimum atomic E-state index is -4.11. The van der Waals surface area contributed by atoms with Crippen molar-refractivity contribution in [1.82, 2.24) is 9.21 Å². The van der Waals surface area contributed by atoms with Crippen LogP contribution in [0.15, 0.2) is 23.1 Å². The lowest BCUT2D eigenvalue weighted by Gasteiger charge is -2.35. The molecule has 0 aromatic heterocycles. The number of hydrogen-bond acceptors (Lipinski definition) is 3. The number of rotatable bonds is 5. The molecule has 1 aliphatic heterocycles. The Hall–Kier alpha value is -1.54. The normalized spacial score (nSPS) is 19.7. The average Bonchev–Trinajstić information content (AvgIpc) is 3.41. The number of nitrogens with zero attached hydrogens (tertiary/aromatic N) is 2. The van der Waals surface area contributed by atoms with E-state index in [1.165, 1.54) is 0 Å². The number of hydrogen-bond donors (Lipinski definition) is 0. The summed E-state index contributed by atoms with van der Waals surface area (Å²) in [5.41, 5.74) is 0. The molecule has 1 aromatic carbocycles. The molecule has 2 aliphatic rings. The number of carbonyl (C=O) groups is 1. The Labute approximate surface area is 153 Å². The summed E-state index contributed by atoms with van der Waals surface area (Å²) >= 11 is 0. The molecule has 3 rings (SSSR count). The predicted molar refractivity (Wildman–Crippen MR) is 92.8 cm³/mol. The van der Waals surface area contributed by atoms with Crippen molar-refractivity contribution < 1.29 is 22.0 Å². The van der Waals surface area contributed by atoms with Gasteiger partial charge in [0.25, 0.3) is 0 Å². The van der Waals surface area contributed by atoms with Gasteiger partial charge in [-0.3, -0.25) is 4.79 Å². The topological polar surface area (TPSA) is 57.7 Å². The lowest BCUT2D eigenvalue weighted by molar-refractivity contribution is -0.139. The summed E-state index contributed by atoms with van der Waals surface area (Å²) in [4.78, 5) is 14.1. The second kappa shape index (κ2) is 7.23. The van der Waals surface area contributed by atoms with E-state index in [2.05, 4.69) is 0 Å². The molecule has 5 nitrogen and oxygen atoms in total. The van der Waals surface area contributed by atoms with Crippen LogP contribution in [-0.4, -0.2) is 48.7 Å². The monoisotopic (exact) mass is 386 g/mol. The van der Waals surface area contributed by atoms with Gasteiger partial charge >= 0.3 is 0 Å². The van der Waals surface area contributed by atoms with E-state index < -0.39 is 26.6 Å². The minimum absolute atomic E-state index is 0.0801. The van der Waals surface area contributed by atoms with Crippen molar-refractivity contribution in [2.45, 2.75) is 56.5 Å². The Balaban J connectivity index is 1.70. The van der Waals surface area contributed by atoms with Gasteiger partial charge in [0.15, 0.2) is 0 Å².